The summed E-state index contributed by atoms with van der Waals surface area (Å²) in [6.45, 7) is 3.09. The van der Waals surface area contributed by atoms with Gasteiger partial charge in [0.25, 0.3) is 0 Å². The van der Waals surface area contributed by atoms with Crippen LogP contribution in [0.25, 0.3) is 0 Å². The molecule has 3 heteroatoms. The SMILES string of the molecule is CCc1ccc(CN[C@H]2CCC[C@@H]2O)s1. The lowest BCUT2D eigenvalue weighted by molar-refractivity contribution is 0.149. The third-order valence-corrected chi connectivity index (χ3v) is 4.31. The van der Waals surface area contributed by atoms with Crippen LogP contribution < -0.4 is 5.32 Å². The molecular formula is C12H19NOS. The van der Waals surface area contributed by atoms with Crippen LogP contribution in [0.1, 0.15) is 35.9 Å². The first-order valence-electron chi connectivity index (χ1n) is 5.78. The summed E-state index contributed by atoms with van der Waals surface area (Å²) in [6, 6.07) is 4.71. The molecule has 0 bridgehead atoms. The molecule has 1 aromatic heterocycles. The number of hydrogen-bond donors (Lipinski definition) is 2. The maximum Gasteiger partial charge on any atom is 0.0693 e. The lowest BCUT2D eigenvalue weighted by Gasteiger charge is -2.15. The molecule has 1 saturated carbocycles. The second-order valence-electron chi connectivity index (χ2n) is 4.21. The van der Waals surface area contributed by atoms with Crippen LogP contribution in [0.2, 0.25) is 0 Å². The van der Waals surface area contributed by atoms with Gasteiger partial charge in [0, 0.05) is 22.3 Å². The Kier molecular flexibility index (Phi) is 3.78. The first-order valence-corrected chi connectivity index (χ1v) is 6.60. The summed E-state index contributed by atoms with van der Waals surface area (Å²) < 4.78 is 0. The summed E-state index contributed by atoms with van der Waals surface area (Å²) in [4.78, 5) is 2.82. The Morgan fingerprint density at radius 3 is 2.80 bits per heavy atom. The number of thiophene rings is 1. The van der Waals surface area contributed by atoms with E-state index in [1.54, 1.807) is 0 Å². The van der Waals surface area contributed by atoms with Gasteiger partial charge in [0.1, 0.15) is 0 Å². The lowest BCUT2D eigenvalue weighted by Crippen LogP contribution is -2.34. The minimum absolute atomic E-state index is 0.129. The Morgan fingerprint density at radius 1 is 1.40 bits per heavy atom. The molecule has 2 rings (SSSR count). The molecule has 1 aliphatic carbocycles. The summed E-state index contributed by atoms with van der Waals surface area (Å²) in [5.41, 5.74) is 0. The van der Waals surface area contributed by atoms with Gasteiger partial charge in [0.15, 0.2) is 0 Å². The molecule has 1 aliphatic rings. The summed E-state index contributed by atoms with van der Waals surface area (Å²) in [6.07, 6.45) is 4.23. The van der Waals surface area contributed by atoms with E-state index in [9.17, 15) is 5.11 Å². The third-order valence-electron chi connectivity index (χ3n) is 3.08. The second-order valence-corrected chi connectivity index (χ2v) is 5.46. The van der Waals surface area contributed by atoms with E-state index >= 15 is 0 Å². The molecule has 0 saturated heterocycles. The molecule has 2 atom stereocenters. The average molecular weight is 225 g/mol. The second kappa shape index (κ2) is 5.10. The van der Waals surface area contributed by atoms with Crippen LogP contribution in [0.15, 0.2) is 12.1 Å². The summed E-state index contributed by atoms with van der Waals surface area (Å²) in [5.74, 6) is 0. The summed E-state index contributed by atoms with van der Waals surface area (Å²) in [5, 5.41) is 13.1. The minimum atomic E-state index is -0.129. The van der Waals surface area contributed by atoms with E-state index < -0.39 is 0 Å². The normalized spacial score (nSPS) is 26.0. The molecule has 0 unspecified atom stereocenters. The van der Waals surface area contributed by atoms with Gasteiger partial charge in [-0.1, -0.05) is 6.92 Å². The van der Waals surface area contributed by atoms with E-state index in [0.717, 1.165) is 32.2 Å². The molecule has 0 spiro atoms. The predicted molar refractivity (Wildman–Crippen MR) is 64.2 cm³/mol. The third kappa shape index (κ3) is 2.80. The number of nitrogens with one attached hydrogen (secondary N) is 1. The quantitative estimate of drug-likeness (QED) is 0.824. The number of aliphatic hydroxyl groups excluding tert-OH is 1. The van der Waals surface area contributed by atoms with Crippen LogP contribution in [0.5, 0.6) is 0 Å². The molecule has 0 radical (unpaired) electrons. The van der Waals surface area contributed by atoms with Crippen molar-refractivity contribution in [3.05, 3.63) is 21.9 Å². The van der Waals surface area contributed by atoms with Crippen molar-refractivity contribution in [2.75, 3.05) is 0 Å². The van der Waals surface area contributed by atoms with Gasteiger partial charge < -0.3 is 10.4 Å². The largest absolute Gasteiger partial charge is 0.392 e. The monoisotopic (exact) mass is 225 g/mol. The summed E-state index contributed by atoms with van der Waals surface area (Å²) >= 11 is 1.87. The van der Waals surface area contributed by atoms with Crippen LogP contribution in [0.3, 0.4) is 0 Å². The van der Waals surface area contributed by atoms with Crippen LogP contribution in [0, 0.1) is 0 Å². The molecule has 1 aromatic rings. The highest BCUT2D eigenvalue weighted by Gasteiger charge is 2.24. The van der Waals surface area contributed by atoms with Crippen LogP contribution >= 0.6 is 11.3 Å². The fraction of sp³-hybridized carbons (Fsp3) is 0.667. The van der Waals surface area contributed by atoms with Crippen molar-refractivity contribution < 1.29 is 5.11 Å². The first kappa shape index (κ1) is 11.1. The molecule has 0 amide bonds. The zero-order chi connectivity index (χ0) is 10.7. The highest BCUT2D eigenvalue weighted by molar-refractivity contribution is 7.11. The van der Waals surface area contributed by atoms with Crippen molar-refractivity contribution in [3.8, 4) is 0 Å². The van der Waals surface area contributed by atoms with Crippen LogP contribution in [0.4, 0.5) is 0 Å². The van der Waals surface area contributed by atoms with Gasteiger partial charge in [0.2, 0.25) is 0 Å². The molecule has 1 heterocycles. The van der Waals surface area contributed by atoms with Gasteiger partial charge in [0.05, 0.1) is 6.10 Å². The Bertz CT molecular complexity index is 310. The fourth-order valence-corrected chi connectivity index (χ4v) is 3.03. The molecule has 84 valence electrons. The van der Waals surface area contributed by atoms with Gasteiger partial charge in [-0.25, -0.2) is 0 Å². The van der Waals surface area contributed by atoms with Gasteiger partial charge in [-0.2, -0.15) is 0 Å². The Balaban J connectivity index is 1.82. The van der Waals surface area contributed by atoms with Gasteiger partial charge >= 0.3 is 0 Å². The number of rotatable bonds is 4. The van der Waals surface area contributed by atoms with Gasteiger partial charge in [-0.15, -0.1) is 11.3 Å². The van der Waals surface area contributed by atoms with Gasteiger partial charge in [-0.3, -0.25) is 0 Å². The zero-order valence-electron chi connectivity index (χ0n) is 9.20. The number of aryl methyl sites for hydroxylation is 1. The van der Waals surface area contributed by atoms with E-state index in [1.807, 2.05) is 11.3 Å². The van der Waals surface area contributed by atoms with Gasteiger partial charge in [-0.05, 0) is 37.8 Å². The standard InChI is InChI=1S/C12H19NOS/c1-2-9-6-7-10(15-9)8-13-11-4-3-5-12(11)14/h6-7,11-14H,2-5,8H2,1H3/t11-,12-/m0/s1. The average Bonchev–Trinajstić information content (AvgIpc) is 2.84. The Morgan fingerprint density at radius 2 is 2.20 bits per heavy atom. The van der Waals surface area contributed by atoms with E-state index in [-0.39, 0.29) is 6.10 Å². The van der Waals surface area contributed by atoms with Crippen molar-refractivity contribution in [1.82, 2.24) is 5.32 Å². The smallest absolute Gasteiger partial charge is 0.0693 e. The molecule has 2 nitrogen and oxygen atoms in total. The highest BCUT2D eigenvalue weighted by atomic mass is 32.1. The topological polar surface area (TPSA) is 32.3 Å². The summed E-state index contributed by atoms with van der Waals surface area (Å²) in [7, 11) is 0. The van der Waals surface area contributed by atoms with E-state index in [4.69, 9.17) is 0 Å². The van der Waals surface area contributed by atoms with Crippen molar-refractivity contribution in [1.29, 1.82) is 0 Å². The maximum atomic E-state index is 9.66. The molecule has 15 heavy (non-hydrogen) atoms. The molecule has 0 aliphatic heterocycles. The Labute approximate surface area is 95.3 Å². The zero-order valence-corrected chi connectivity index (χ0v) is 10.0. The minimum Gasteiger partial charge on any atom is -0.392 e. The fourth-order valence-electron chi connectivity index (χ4n) is 2.12. The van der Waals surface area contributed by atoms with E-state index in [0.29, 0.717) is 6.04 Å². The number of aliphatic hydroxyl groups is 1. The molecule has 2 N–H and O–H groups in total. The van der Waals surface area contributed by atoms with Crippen molar-refractivity contribution in [3.63, 3.8) is 0 Å². The highest BCUT2D eigenvalue weighted by Crippen LogP contribution is 2.21. The first-order chi connectivity index (χ1) is 7.29. The number of hydrogen-bond acceptors (Lipinski definition) is 3. The van der Waals surface area contributed by atoms with Crippen LogP contribution in [-0.4, -0.2) is 17.3 Å². The van der Waals surface area contributed by atoms with Crippen molar-refractivity contribution >= 4 is 11.3 Å². The van der Waals surface area contributed by atoms with Crippen molar-refractivity contribution in [2.45, 2.75) is 51.3 Å². The van der Waals surface area contributed by atoms with E-state index in [2.05, 4.69) is 24.4 Å². The van der Waals surface area contributed by atoms with E-state index in [1.165, 1.54) is 9.75 Å². The lowest BCUT2D eigenvalue weighted by atomic mass is 10.2. The Hall–Kier alpha value is -0.380. The maximum absolute atomic E-state index is 9.66. The molecule has 1 fully saturated rings. The van der Waals surface area contributed by atoms with Crippen LogP contribution in [-0.2, 0) is 13.0 Å². The van der Waals surface area contributed by atoms with Crippen molar-refractivity contribution in [2.24, 2.45) is 0 Å². The molecule has 0 aromatic carbocycles. The molecular weight excluding hydrogens is 206 g/mol. The predicted octanol–water partition coefficient (Wildman–Crippen LogP) is 2.31.